The molecule has 1 aliphatic rings. The monoisotopic (exact) mass is 351 g/mol. The lowest BCUT2D eigenvalue weighted by Crippen LogP contribution is -2.31. The fourth-order valence-corrected chi connectivity index (χ4v) is 2.77. The average Bonchev–Trinajstić information content (AvgIpc) is 2.50. The number of halogens is 2. The summed E-state index contributed by atoms with van der Waals surface area (Å²) in [6, 6.07) is 2.55. The van der Waals surface area contributed by atoms with Crippen LogP contribution in [0, 0.1) is 22.5 Å². The molecule has 1 aliphatic heterocycles. The molecule has 0 bridgehead atoms. The van der Waals surface area contributed by atoms with Crippen LogP contribution in [0.15, 0.2) is 12.1 Å². The van der Waals surface area contributed by atoms with Gasteiger partial charge in [-0.05, 0) is 29.1 Å². The van der Waals surface area contributed by atoms with Crippen LogP contribution in [0.4, 0.5) is 8.78 Å². The molecule has 1 aromatic carbocycles. The van der Waals surface area contributed by atoms with Crippen molar-refractivity contribution in [2.45, 2.75) is 66.3 Å². The molecule has 0 amide bonds. The van der Waals surface area contributed by atoms with Crippen molar-refractivity contribution in [2.75, 3.05) is 13.2 Å². The third-order valence-corrected chi connectivity index (χ3v) is 5.62. The summed E-state index contributed by atoms with van der Waals surface area (Å²) in [5.41, 5.74) is 0.259. The van der Waals surface area contributed by atoms with Crippen molar-refractivity contribution in [1.29, 1.82) is 0 Å². The largest absolute Gasteiger partial charge is 0.488 e. The molecule has 0 N–H and O–H groups in total. The number of ether oxygens (including phenoxy) is 2. The Bertz CT molecular complexity index is 553. The van der Waals surface area contributed by atoms with E-state index in [1.54, 1.807) is 7.28 Å². The Labute approximate surface area is 151 Å². The molecular weight excluding hydrogens is 321 g/mol. The van der Waals surface area contributed by atoms with E-state index in [-0.39, 0.29) is 28.1 Å². The van der Waals surface area contributed by atoms with Crippen molar-refractivity contribution in [1.82, 2.24) is 0 Å². The van der Waals surface area contributed by atoms with Gasteiger partial charge >= 0.3 is 0 Å². The lowest BCUT2D eigenvalue weighted by Gasteiger charge is -2.39. The highest BCUT2D eigenvalue weighted by Gasteiger charge is 2.32. The normalized spacial score (nSPS) is 18.9. The first-order valence-corrected chi connectivity index (χ1v) is 9.17. The third kappa shape index (κ3) is 5.44. The van der Waals surface area contributed by atoms with E-state index < -0.39 is 11.6 Å². The minimum absolute atomic E-state index is 0.0388. The van der Waals surface area contributed by atoms with Gasteiger partial charge in [-0.15, -0.1) is 0 Å². The molecule has 0 aromatic heterocycles. The summed E-state index contributed by atoms with van der Waals surface area (Å²) in [6.07, 6.45) is 3.13. The zero-order valence-electron chi connectivity index (χ0n) is 16.1. The molecule has 1 heterocycles. The molecule has 25 heavy (non-hydrogen) atoms. The minimum Gasteiger partial charge on any atom is -0.488 e. The molecule has 2 rings (SSSR count). The zero-order valence-corrected chi connectivity index (χ0v) is 16.1. The summed E-state index contributed by atoms with van der Waals surface area (Å²) in [5.74, 6) is -0.904. The Balaban J connectivity index is 1.97. The van der Waals surface area contributed by atoms with E-state index in [4.69, 9.17) is 9.47 Å². The predicted octanol–water partition coefficient (Wildman–Crippen LogP) is 4.73. The lowest BCUT2D eigenvalue weighted by atomic mass is 9.59. The summed E-state index contributed by atoms with van der Waals surface area (Å²) in [5, 5.41) is 0. The SMILES string of the molecule is CC(C)(C)C(C)(C)CC[B]c1c(F)cc(OC2CCCOC2)cc1F. The maximum Gasteiger partial charge on any atom is 0.159 e. The average molecular weight is 351 g/mol. The van der Waals surface area contributed by atoms with Crippen molar-refractivity contribution in [2.24, 2.45) is 10.8 Å². The van der Waals surface area contributed by atoms with Crippen LogP contribution in [0.3, 0.4) is 0 Å². The van der Waals surface area contributed by atoms with Crippen molar-refractivity contribution >= 4 is 12.7 Å². The Morgan fingerprint density at radius 1 is 1.16 bits per heavy atom. The second kappa shape index (κ2) is 8.07. The first kappa shape index (κ1) is 20.2. The standard InChI is InChI=1S/C20H30BF2O2/c1-19(2,3)20(4,5)8-9-21-18-16(22)11-15(12-17(18)23)25-14-7-6-10-24-13-14/h11-12,14H,6-10,13H2,1-5H3. The van der Waals surface area contributed by atoms with Gasteiger partial charge in [0.1, 0.15) is 23.5 Å². The lowest BCUT2D eigenvalue weighted by molar-refractivity contribution is 0.00721. The second-order valence-corrected chi connectivity index (χ2v) is 8.63. The fraction of sp³-hybridized carbons (Fsp3) is 0.700. The van der Waals surface area contributed by atoms with Gasteiger partial charge in [-0.1, -0.05) is 47.4 Å². The highest BCUT2D eigenvalue weighted by atomic mass is 19.1. The molecule has 0 saturated carbocycles. The van der Waals surface area contributed by atoms with Gasteiger partial charge in [-0.3, -0.25) is 0 Å². The molecule has 5 heteroatoms. The summed E-state index contributed by atoms with van der Waals surface area (Å²) in [6.45, 7) is 12.1. The Kier molecular flexibility index (Phi) is 6.53. The van der Waals surface area contributed by atoms with E-state index in [2.05, 4.69) is 34.6 Å². The van der Waals surface area contributed by atoms with Gasteiger partial charge in [0.25, 0.3) is 0 Å². The van der Waals surface area contributed by atoms with Crippen molar-refractivity contribution in [3.8, 4) is 5.75 Å². The molecule has 0 aliphatic carbocycles. The third-order valence-electron chi connectivity index (χ3n) is 5.62. The zero-order chi connectivity index (χ0) is 18.7. The van der Waals surface area contributed by atoms with Gasteiger partial charge in [0, 0.05) is 18.7 Å². The van der Waals surface area contributed by atoms with Gasteiger partial charge in [-0.2, -0.15) is 0 Å². The van der Waals surface area contributed by atoms with Crippen molar-refractivity contribution in [3.63, 3.8) is 0 Å². The first-order chi connectivity index (χ1) is 11.6. The van der Waals surface area contributed by atoms with E-state index in [1.807, 2.05) is 0 Å². The number of hydrogen-bond acceptors (Lipinski definition) is 2. The summed E-state index contributed by atoms with van der Waals surface area (Å²) in [4.78, 5) is 0. The fourth-order valence-electron chi connectivity index (χ4n) is 2.77. The number of benzene rings is 1. The Morgan fingerprint density at radius 2 is 1.80 bits per heavy atom. The van der Waals surface area contributed by atoms with Crippen LogP contribution in [-0.2, 0) is 4.74 Å². The van der Waals surface area contributed by atoms with Gasteiger partial charge < -0.3 is 9.47 Å². The minimum atomic E-state index is -0.569. The van der Waals surface area contributed by atoms with Crippen LogP contribution in [0.1, 0.15) is 53.9 Å². The molecule has 1 radical (unpaired) electrons. The van der Waals surface area contributed by atoms with Crippen molar-refractivity contribution < 1.29 is 18.3 Å². The van der Waals surface area contributed by atoms with Gasteiger partial charge in [0.2, 0.25) is 0 Å². The van der Waals surface area contributed by atoms with E-state index in [9.17, 15) is 8.78 Å². The van der Waals surface area contributed by atoms with E-state index in [1.165, 1.54) is 12.1 Å². The highest BCUT2D eigenvalue weighted by molar-refractivity contribution is 6.53. The van der Waals surface area contributed by atoms with E-state index in [0.29, 0.717) is 12.9 Å². The van der Waals surface area contributed by atoms with Gasteiger partial charge in [-0.25, -0.2) is 8.78 Å². The van der Waals surface area contributed by atoms with Gasteiger partial charge in [0.05, 0.1) is 6.61 Å². The van der Waals surface area contributed by atoms with E-state index >= 15 is 0 Å². The van der Waals surface area contributed by atoms with Crippen LogP contribution in [0.2, 0.25) is 6.32 Å². The molecule has 2 nitrogen and oxygen atoms in total. The molecule has 139 valence electrons. The smallest absolute Gasteiger partial charge is 0.159 e. The van der Waals surface area contributed by atoms with Crippen LogP contribution >= 0.6 is 0 Å². The second-order valence-electron chi connectivity index (χ2n) is 8.63. The quantitative estimate of drug-likeness (QED) is 0.690. The highest BCUT2D eigenvalue weighted by Crippen LogP contribution is 2.41. The summed E-state index contributed by atoms with van der Waals surface area (Å²) in [7, 11) is 1.66. The Morgan fingerprint density at radius 3 is 2.32 bits per heavy atom. The Hall–Kier alpha value is -1.10. The summed E-state index contributed by atoms with van der Waals surface area (Å²) >= 11 is 0. The molecule has 0 spiro atoms. The molecule has 1 unspecified atom stereocenters. The molecular formula is C20H30BF2O2. The topological polar surface area (TPSA) is 18.5 Å². The van der Waals surface area contributed by atoms with Crippen LogP contribution in [0.25, 0.3) is 0 Å². The van der Waals surface area contributed by atoms with Crippen LogP contribution in [-0.4, -0.2) is 26.6 Å². The molecule has 1 fully saturated rings. The molecule has 1 atom stereocenters. The number of rotatable bonds is 6. The number of hydrogen-bond donors (Lipinski definition) is 0. The maximum atomic E-state index is 14.3. The molecule has 1 saturated heterocycles. The van der Waals surface area contributed by atoms with Crippen LogP contribution in [0.5, 0.6) is 5.75 Å². The summed E-state index contributed by atoms with van der Waals surface area (Å²) < 4.78 is 39.7. The predicted molar refractivity (Wildman–Crippen MR) is 98.9 cm³/mol. The first-order valence-electron chi connectivity index (χ1n) is 9.17. The van der Waals surface area contributed by atoms with Crippen molar-refractivity contribution in [3.05, 3.63) is 23.8 Å². The van der Waals surface area contributed by atoms with Crippen LogP contribution < -0.4 is 10.2 Å². The van der Waals surface area contributed by atoms with Gasteiger partial charge in [0.15, 0.2) is 7.28 Å². The molecule has 1 aromatic rings. The maximum absolute atomic E-state index is 14.3. The van der Waals surface area contributed by atoms with E-state index in [0.717, 1.165) is 25.9 Å².